The van der Waals surface area contributed by atoms with E-state index in [0.29, 0.717) is 15.9 Å². The zero-order valence-corrected chi connectivity index (χ0v) is 9.10. The van der Waals surface area contributed by atoms with Gasteiger partial charge in [0.15, 0.2) is 4.67 Å². The third kappa shape index (κ3) is 1.60. The fraction of sp³-hybridized carbons (Fsp3) is 0.222. The number of rotatable bonds is 2. The summed E-state index contributed by atoms with van der Waals surface area (Å²) < 4.78 is 7.22. The van der Waals surface area contributed by atoms with Crippen molar-refractivity contribution in [3.8, 4) is 0 Å². The van der Waals surface area contributed by atoms with Crippen LogP contribution in [0.25, 0.3) is 0 Å². The van der Waals surface area contributed by atoms with Gasteiger partial charge in [-0.05, 0) is 28.1 Å². The molecule has 0 bridgehead atoms. The van der Waals surface area contributed by atoms with Crippen LogP contribution in [0, 0.1) is 0 Å². The molecule has 0 aromatic carbocycles. The molecular weight excluding hydrogens is 248 g/mol. The summed E-state index contributed by atoms with van der Waals surface area (Å²) in [5, 5.41) is 14.0. The summed E-state index contributed by atoms with van der Waals surface area (Å²) >= 11 is 3.21. The van der Waals surface area contributed by atoms with Crippen LogP contribution in [0.2, 0.25) is 0 Å². The van der Waals surface area contributed by atoms with E-state index < -0.39 is 6.10 Å². The van der Waals surface area contributed by atoms with E-state index in [9.17, 15) is 5.11 Å². The molecule has 1 unspecified atom stereocenters. The van der Waals surface area contributed by atoms with E-state index >= 15 is 0 Å². The van der Waals surface area contributed by atoms with Crippen molar-refractivity contribution in [2.75, 3.05) is 0 Å². The second-order valence-corrected chi connectivity index (χ2v) is 3.69. The highest BCUT2D eigenvalue weighted by molar-refractivity contribution is 9.10. The summed E-state index contributed by atoms with van der Waals surface area (Å²) in [6.45, 7) is 0. The van der Waals surface area contributed by atoms with Crippen molar-refractivity contribution in [3.63, 3.8) is 0 Å². The first-order chi connectivity index (χ1) is 6.68. The minimum absolute atomic E-state index is 0.538. The van der Waals surface area contributed by atoms with Gasteiger partial charge in [0.2, 0.25) is 0 Å². The number of hydrogen-bond donors (Lipinski definition) is 1. The lowest BCUT2D eigenvalue weighted by molar-refractivity contribution is 0.212. The van der Waals surface area contributed by atoms with Gasteiger partial charge in [-0.25, -0.2) is 0 Å². The first-order valence-electron chi connectivity index (χ1n) is 4.09. The maximum atomic E-state index is 9.91. The molecule has 0 fully saturated rings. The first kappa shape index (κ1) is 9.48. The third-order valence-corrected chi connectivity index (χ3v) is 2.60. The van der Waals surface area contributed by atoms with Crippen LogP contribution in [-0.2, 0) is 7.05 Å². The SMILES string of the molecule is Cn1ccc(C(O)c2ccoc2Br)n1. The van der Waals surface area contributed by atoms with E-state index in [0.717, 1.165) is 0 Å². The predicted molar refractivity (Wildman–Crippen MR) is 53.7 cm³/mol. The second kappa shape index (κ2) is 3.59. The first-order valence-corrected chi connectivity index (χ1v) is 4.88. The molecule has 0 spiro atoms. The molecule has 0 aliphatic carbocycles. The summed E-state index contributed by atoms with van der Waals surface area (Å²) in [4.78, 5) is 0. The van der Waals surface area contributed by atoms with Gasteiger partial charge in [0, 0.05) is 18.8 Å². The Morgan fingerprint density at radius 2 is 2.36 bits per heavy atom. The fourth-order valence-electron chi connectivity index (χ4n) is 1.24. The Morgan fingerprint density at radius 3 is 2.86 bits per heavy atom. The smallest absolute Gasteiger partial charge is 0.175 e. The quantitative estimate of drug-likeness (QED) is 0.893. The number of aryl methyl sites for hydroxylation is 1. The van der Waals surface area contributed by atoms with E-state index in [1.165, 1.54) is 6.26 Å². The molecule has 4 nitrogen and oxygen atoms in total. The Hall–Kier alpha value is -1.07. The van der Waals surface area contributed by atoms with Crippen LogP contribution in [0.1, 0.15) is 17.4 Å². The Balaban J connectivity index is 2.33. The molecule has 1 atom stereocenters. The topological polar surface area (TPSA) is 51.2 Å². The van der Waals surface area contributed by atoms with Crippen molar-refractivity contribution in [2.45, 2.75) is 6.10 Å². The van der Waals surface area contributed by atoms with Crippen molar-refractivity contribution in [1.82, 2.24) is 9.78 Å². The van der Waals surface area contributed by atoms with Crippen molar-refractivity contribution in [2.24, 2.45) is 7.05 Å². The monoisotopic (exact) mass is 256 g/mol. The standard InChI is InChI=1S/C9H9BrN2O2/c1-12-4-2-7(11-12)8(13)6-3-5-14-9(6)10/h2-5,8,13H,1H3. The second-order valence-electron chi connectivity index (χ2n) is 2.97. The zero-order valence-electron chi connectivity index (χ0n) is 7.51. The molecule has 2 heterocycles. The van der Waals surface area contributed by atoms with Crippen molar-refractivity contribution in [1.29, 1.82) is 0 Å². The van der Waals surface area contributed by atoms with E-state index in [4.69, 9.17) is 4.42 Å². The Kier molecular flexibility index (Phi) is 2.43. The largest absolute Gasteiger partial charge is 0.457 e. The highest BCUT2D eigenvalue weighted by Gasteiger charge is 2.17. The van der Waals surface area contributed by atoms with Crippen LogP contribution in [0.3, 0.4) is 0 Å². The van der Waals surface area contributed by atoms with E-state index in [1.807, 2.05) is 0 Å². The zero-order chi connectivity index (χ0) is 10.1. The van der Waals surface area contributed by atoms with Crippen LogP contribution >= 0.6 is 15.9 Å². The van der Waals surface area contributed by atoms with Gasteiger partial charge in [-0.2, -0.15) is 5.10 Å². The Labute approximate surface area is 89.3 Å². The minimum Gasteiger partial charge on any atom is -0.457 e. The summed E-state index contributed by atoms with van der Waals surface area (Å²) in [5.41, 5.74) is 1.29. The number of halogens is 1. The normalized spacial score (nSPS) is 13.1. The lowest BCUT2D eigenvalue weighted by atomic mass is 10.1. The van der Waals surface area contributed by atoms with Gasteiger partial charge in [0.05, 0.1) is 12.0 Å². The van der Waals surface area contributed by atoms with Gasteiger partial charge in [-0.15, -0.1) is 0 Å². The lowest BCUT2D eigenvalue weighted by Gasteiger charge is -2.04. The molecule has 2 aromatic heterocycles. The lowest BCUT2D eigenvalue weighted by Crippen LogP contribution is -2.01. The van der Waals surface area contributed by atoms with Gasteiger partial charge >= 0.3 is 0 Å². The van der Waals surface area contributed by atoms with Crippen LogP contribution in [0.15, 0.2) is 33.7 Å². The maximum absolute atomic E-state index is 9.91. The van der Waals surface area contributed by atoms with Crippen LogP contribution in [0.5, 0.6) is 0 Å². The van der Waals surface area contributed by atoms with Gasteiger partial charge in [0.1, 0.15) is 6.10 Å². The van der Waals surface area contributed by atoms with Crippen molar-refractivity contribution >= 4 is 15.9 Å². The van der Waals surface area contributed by atoms with E-state index in [2.05, 4.69) is 21.0 Å². The molecule has 2 rings (SSSR count). The maximum Gasteiger partial charge on any atom is 0.175 e. The molecule has 74 valence electrons. The molecule has 0 saturated heterocycles. The molecular formula is C9H9BrN2O2. The molecule has 5 heteroatoms. The number of aliphatic hydroxyl groups excluding tert-OH is 1. The number of aliphatic hydroxyl groups is 1. The molecule has 14 heavy (non-hydrogen) atoms. The van der Waals surface area contributed by atoms with Gasteiger partial charge in [0.25, 0.3) is 0 Å². The van der Waals surface area contributed by atoms with Crippen molar-refractivity contribution in [3.05, 3.63) is 40.5 Å². The summed E-state index contributed by atoms with van der Waals surface area (Å²) in [5.74, 6) is 0. The van der Waals surface area contributed by atoms with Gasteiger partial charge in [-0.3, -0.25) is 4.68 Å². The molecule has 0 radical (unpaired) electrons. The highest BCUT2D eigenvalue weighted by Crippen LogP contribution is 2.28. The highest BCUT2D eigenvalue weighted by atomic mass is 79.9. The third-order valence-electron chi connectivity index (χ3n) is 1.96. The average Bonchev–Trinajstić information content (AvgIpc) is 2.73. The van der Waals surface area contributed by atoms with Crippen molar-refractivity contribution < 1.29 is 9.52 Å². The molecule has 2 aromatic rings. The van der Waals surface area contributed by atoms with E-state index in [-0.39, 0.29) is 0 Å². The van der Waals surface area contributed by atoms with Gasteiger partial charge < -0.3 is 9.52 Å². The van der Waals surface area contributed by atoms with Crippen LogP contribution in [0.4, 0.5) is 0 Å². The van der Waals surface area contributed by atoms with Gasteiger partial charge in [-0.1, -0.05) is 0 Å². The number of nitrogens with zero attached hydrogens (tertiary/aromatic N) is 2. The number of aromatic nitrogens is 2. The summed E-state index contributed by atoms with van der Waals surface area (Å²) in [7, 11) is 1.81. The van der Waals surface area contributed by atoms with Crippen LogP contribution < -0.4 is 0 Å². The number of hydrogen-bond acceptors (Lipinski definition) is 3. The summed E-state index contributed by atoms with van der Waals surface area (Å²) in [6, 6.07) is 3.48. The molecule has 0 saturated carbocycles. The molecule has 1 N–H and O–H groups in total. The fourth-order valence-corrected chi connectivity index (χ4v) is 1.69. The molecule has 0 aliphatic rings. The Morgan fingerprint density at radius 1 is 1.57 bits per heavy atom. The molecule has 0 amide bonds. The molecule has 0 aliphatic heterocycles. The van der Waals surface area contributed by atoms with Crippen LogP contribution in [-0.4, -0.2) is 14.9 Å². The minimum atomic E-state index is -0.746. The number of furan rings is 1. The predicted octanol–water partition coefficient (Wildman–Crippen LogP) is 1.86. The summed E-state index contributed by atoms with van der Waals surface area (Å²) in [6.07, 6.45) is 2.56. The average molecular weight is 257 g/mol. The Bertz CT molecular complexity index is 435. The van der Waals surface area contributed by atoms with E-state index in [1.54, 1.807) is 30.1 Å².